The highest BCUT2D eigenvalue weighted by atomic mass is 16.7. The van der Waals surface area contributed by atoms with E-state index < -0.39 is 18.3 Å². The highest BCUT2D eigenvalue weighted by Crippen LogP contribution is 2.37. The molecule has 0 aliphatic carbocycles. The molecule has 148 valence electrons. The maximum Gasteiger partial charge on any atom is 0.495 e. The Hall–Kier alpha value is -1.85. The number of hydrogen-bond acceptors (Lipinski definition) is 3. The summed E-state index contributed by atoms with van der Waals surface area (Å²) in [5.74, 6) is 0.691. The molecule has 4 nitrogen and oxygen atoms in total. The van der Waals surface area contributed by atoms with Gasteiger partial charge in [0.1, 0.15) is 0 Å². The first-order valence-corrected chi connectivity index (χ1v) is 10.4. The van der Waals surface area contributed by atoms with Crippen LogP contribution in [0.5, 0.6) is 0 Å². The quantitative estimate of drug-likeness (QED) is 0.740. The molecule has 0 spiro atoms. The lowest BCUT2D eigenvalue weighted by molar-refractivity contribution is 0.00578. The molecule has 5 heteroatoms. The van der Waals surface area contributed by atoms with Crippen molar-refractivity contribution in [3.63, 3.8) is 0 Å². The summed E-state index contributed by atoms with van der Waals surface area (Å²) >= 11 is 0. The topological polar surface area (TPSA) is 38.8 Å². The number of benzene rings is 2. The fourth-order valence-electron chi connectivity index (χ4n) is 4.24. The van der Waals surface area contributed by atoms with Crippen LogP contribution in [0.25, 0.3) is 10.8 Å². The SMILES string of the molecule is CC1CCCN(C(=O)c2cccc3c(B4OC(C)(C)C(C)(C)O4)cccc23)C1. The Bertz CT molecular complexity index is 892. The minimum Gasteiger partial charge on any atom is -0.399 e. The van der Waals surface area contributed by atoms with E-state index in [4.69, 9.17) is 9.31 Å². The van der Waals surface area contributed by atoms with Crippen molar-refractivity contribution >= 4 is 29.3 Å². The first kappa shape index (κ1) is 19.5. The van der Waals surface area contributed by atoms with Crippen molar-refractivity contribution in [3.05, 3.63) is 42.0 Å². The second kappa shape index (κ2) is 6.89. The molecule has 2 aromatic rings. The predicted molar refractivity (Wildman–Crippen MR) is 114 cm³/mol. The lowest BCUT2D eigenvalue weighted by Gasteiger charge is -2.32. The molecule has 0 bridgehead atoms. The molecule has 1 amide bonds. The summed E-state index contributed by atoms with van der Waals surface area (Å²) in [6.07, 6.45) is 2.28. The van der Waals surface area contributed by atoms with Crippen molar-refractivity contribution in [2.24, 2.45) is 5.92 Å². The second-order valence-corrected chi connectivity index (χ2v) is 9.33. The molecule has 2 saturated heterocycles. The summed E-state index contributed by atoms with van der Waals surface area (Å²) in [7, 11) is -0.436. The highest BCUT2D eigenvalue weighted by molar-refractivity contribution is 6.65. The zero-order valence-corrected chi connectivity index (χ0v) is 17.6. The zero-order chi connectivity index (χ0) is 20.1. The second-order valence-electron chi connectivity index (χ2n) is 9.33. The van der Waals surface area contributed by atoms with Gasteiger partial charge in [0.25, 0.3) is 5.91 Å². The third kappa shape index (κ3) is 3.25. The maximum absolute atomic E-state index is 13.3. The highest BCUT2D eigenvalue weighted by Gasteiger charge is 2.52. The number of hydrogen-bond donors (Lipinski definition) is 0. The number of piperidine rings is 1. The molecule has 28 heavy (non-hydrogen) atoms. The van der Waals surface area contributed by atoms with Crippen LogP contribution >= 0.6 is 0 Å². The van der Waals surface area contributed by atoms with Crippen LogP contribution in [-0.4, -0.2) is 42.2 Å². The van der Waals surface area contributed by atoms with Crippen LogP contribution in [0.3, 0.4) is 0 Å². The van der Waals surface area contributed by atoms with Gasteiger partial charge in [-0.25, -0.2) is 0 Å². The molecule has 2 aromatic carbocycles. The van der Waals surface area contributed by atoms with Crippen LogP contribution in [0.2, 0.25) is 0 Å². The number of fused-ring (bicyclic) bond motifs is 1. The molecule has 2 heterocycles. The monoisotopic (exact) mass is 379 g/mol. The number of nitrogens with zero attached hydrogens (tertiary/aromatic N) is 1. The van der Waals surface area contributed by atoms with E-state index in [0.29, 0.717) is 5.92 Å². The summed E-state index contributed by atoms with van der Waals surface area (Å²) in [6, 6.07) is 12.0. The van der Waals surface area contributed by atoms with Crippen molar-refractivity contribution in [1.82, 2.24) is 4.90 Å². The lowest BCUT2D eigenvalue weighted by atomic mass is 9.75. The van der Waals surface area contributed by atoms with Gasteiger partial charge in [-0.3, -0.25) is 4.79 Å². The van der Waals surface area contributed by atoms with Crippen molar-refractivity contribution in [1.29, 1.82) is 0 Å². The van der Waals surface area contributed by atoms with Gasteiger partial charge >= 0.3 is 7.12 Å². The first-order chi connectivity index (χ1) is 13.2. The molecule has 0 aromatic heterocycles. The van der Waals surface area contributed by atoms with E-state index in [9.17, 15) is 4.79 Å². The van der Waals surface area contributed by atoms with Gasteiger partial charge in [0.15, 0.2) is 0 Å². The zero-order valence-electron chi connectivity index (χ0n) is 17.6. The Morgan fingerprint density at radius 2 is 1.68 bits per heavy atom. The molecule has 2 aliphatic rings. The number of amides is 1. The number of carbonyl (C=O) groups excluding carboxylic acids is 1. The van der Waals surface area contributed by atoms with E-state index in [0.717, 1.165) is 41.3 Å². The van der Waals surface area contributed by atoms with E-state index in [1.54, 1.807) is 0 Å². The van der Waals surface area contributed by atoms with Gasteiger partial charge in [0.05, 0.1) is 11.2 Å². The molecule has 0 N–H and O–H groups in total. The average Bonchev–Trinajstić information content (AvgIpc) is 2.87. The number of rotatable bonds is 2. The summed E-state index contributed by atoms with van der Waals surface area (Å²) in [4.78, 5) is 15.3. The molecule has 1 atom stereocenters. The van der Waals surface area contributed by atoms with Crippen LogP contribution in [0.4, 0.5) is 0 Å². The van der Waals surface area contributed by atoms with Crippen molar-refractivity contribution < 1.29 is 14.1 Å². The summed E-state index contributed by atoms with van der Waals surface area (Å²) in [5.41, 5.74) is 0.969. The largest absolute Gasteiger partial charge is 0.495 e. The Morgan fingerprint density at radius 3 is 2.36 bits per heavy atom. The van der Waals surface area contributed by atoms with Gasteiger partial charge in [-0.05, 0) is 68.8 Å². The van der Waals surface area contributed by atoms with Gasteiger partial charge in [-0.15, -0.1) is 0 Å². The van der Waals surface area contributed by atoms with Gasteiger partial charge in [0.2, 0.25) is 0 Å². The normalized spacial score (nSPS) is 24.0. The average molecular weight is 379 g/mol. The molecule has 0 saturated carbocycles. The van der Waals surface area contributed by atoms with Crippen molar-refractivity contribution in [3.8, 4) is 0 Å². The van der Waals surface area contributed by atoms with Crippen LogP contribution in [0.1, 0.15) is 57.8 Å². The van der Waals surface area contributed by atoms with Gasteiger partial charge in [-0.2, -0.15) is 0 Å². The van der Waals surface area contributed by atoms with Crippen LogP contribution in [0, 0.1) is 5.92 Å². The van der Waals surface area contributed by atoms with Gasteiger partial charge < -0.3 is 14.2 Å². The minimum atomic E-state index is -0.436. The van der Waals surface area contributed by atoms with E-state index in [1.165, 1.54) is 6.42 Å². The van der Waals surface area contributed by atoms with Crippen LogP contribution in [-0.2, 0) is 9.31 Å². The van der Waals surface area contributed by atoms with Gasteiger partial charge in [0, 0.05) is 18.7 Å². The Morgan fingerprint density at radius 1 is 1.04 bits per heavy atom. The first-order valence-electron chi connectivity index (χ1n) is 10.4. The lowest BCUT2D eigenvalue weighted by Crippen LogP contribution is -2.41. The summed E-state index contributed by atoms with van der Waals surface area (Å²) < 4.78 is 12.5. The Balaban J connectivity index is 1.73. The Kier molecular flexibility index (Phi) is 4.79. The molecule has 2 aliphatic heterocycles. The number of carbonyl (C=O) groups is 1. The molecule has 1 unspecified atom stereocenters. The standard InChI is InChI=1S/C23H30BNO3/c1-16-9-8-14-25(15-16)21(26)19-12-6-11-18-17(19)10-7-13-20(18)24-27-22(2,3)23(4,5)28-24/h6-7,10-13,16H,8-9,14-15H2,1-5H3. The summed E-state index contributed by atoms with van der Waals surface area (Å²) in [5, 5.41) is 2.00. The van der Waals surface area contributed by atoms with E-state index in [-0.39, 0.29) is 5.91 Å². The Labute approximate surface area is 168 Å². The predicted octanol–water partition coefficient (Wildman–Crippen LogP) is 4.01. The van der Waals surface area contributed by atoms with Crippen molar-refractivity contribution in [2.75, 3.05) is 13.1 Å². The third-order valence-corrected chi connectivity index (χ3v) is 6.64. The van der Waals surface area contributed by atoms with E-state index >= 15 is 0 Å². The molecular formula is C23H30BNO3. The van der Waals surface area contributed by atoms with Crippen molar-refractivity contribution in [2.45, 2.75) is 58.7 Å². The molecule has 4 rings (SSSR count). The fourth-order valence-corrected chi connectivity index (χ4v) is 4.24. The van der Waals surface area contributed by atoms with Crippen LogP contribution in [0.15, 0.2) is 36.4 Å². The van der Waals surface area contributed by atoms with Gasteiger partial charge in [-0.1, -0.05) is 37.3 Å². The third-order valence-electron chi connectivity index (χ3n) is 6.64. The fraction of sp³-hybridized carbons (Fsp3) is 0.522. The minimum absolute atomic E-state index is 0.128. The number of likely N-dealkylation sites (tertiary alicyclic amines) is 1. The summed E-state index contributed by atoms with van der Waals surface area (Å²) in [6.45, 7) is 12.1. The molecule has 0 radical (unpaired) electrons. The maximum atomic E-state index is 13.3. The van der Waals surface area contributed by atoms with E-state index in [2.05, 4.69) is 40.7 Å². The smallest absolute Gasteiger partial charge is 0.399 e. The van der Waals surface area contributed by atoms with Crippen LogP contribution < -0.4 is 5.46 Å². The molecule has 2 fully saturated rings. The molecular weight excluding hydrogens is 349 g/mol. The van der Waals surface area contributed by atoms with E-state index in [1.807, 2.05) is 35.2 Å².